The fourth-order valence-corrected chi connectivity index (χ4v) is 0.668. The molecule has 11 heavy (non-hydrogen) atoms. The second kappa shape index (κ2) is 3.75. The number of aromatic nitrogens is 2. The molecule has 0 amide bonds. The Morgan fingerprint density at radius 2 is 2.55 bits per heavy atom. The van der Waals surface area contributed by atoms with Gasteiger partial charge in [0.2, 0.25) is 5.82 Å². The van der Waals surface area contributed by atoms with Gasteiger partial charge in [0.05, 0.1) is 18.5 Å². The lowest BCUT2D eigenvalue weighted by Crippen LogP contribution is -1.86. The predicted octanol–water partition coefficient (Wildman–Crippen LogP) is 1.22. The molecular formula is C6H5N3OS. The maximum atomic E-state index is 4.89. The van der Waals surface area contributed by atoms with Crippen LogP contribution in [-0.4, -0.2) is 22.2 Å². The highest BCUT2D eigenvalue weighted by Crippen LogP contribution is 2.20. The molecule has 0 aromatic carbocycles. The Hall–Kier alpha value is -1.32. The highest BCUT2D eigenvalue weighted by atomic mass is 32.1. The number of rotatable bonds is 2. The topological polar surface area (TPSA) is 47.4 Å². The molecule has 4 nitrogen and oxygen atoms in total. The van der Waals surface area contributed by atoms with Crippen LogP contribution in [0.15, 0.2) is 17.5 Å². The first-order valence-corrected chi connectivity index (χ1v) is 3.21. The van der Waals surface area contributed by atoms with Gasteiger partial charge in [-0.3, -0.25) is 0 Å². The van der Waals surface area contributed by atoms with E-state index in [1.54, 1.807) is 0 Å². The zero-order chi connectivity index (χ0) is 8.10. The molecule has 0 bridgehead atoms. The molecule has 56 valence electrons. The third-order valence-electron chi connectivity index (χ3n) is 1.03. The maximum Gasteiger partial charge on any atom is 0.208 e. The first kappa shape index (κ1) is 7.78. The molecule has 5 heteroatoms. The number of hydrogen-bond acceptors (Lipinski definition) is 5. The first-order valence-electron chi connectivity index (χ1n) is 2.80. The van der Waals surface area contributed by atoms with Gasteiger partial charge in [0.1, 0.15) is 6.33 Å². The molecule has 0 spiro atoms. The van der Waals surface area contributed by atoms with E-state index in [4.69, 9.17) is 4.74 Å². The molecule has 0 radical (unpaired) electrons. The first-order chi connectivity index (χ1) is 5.38. The predicted molar refractivity (Wildman–Crippen MR) is 43.3 cm³/mol. The molecule has 0 fully saturated rings. The number of hydrogen-bond donors (Lipinski definition) is 0. The molecule has 1 rings (SSSR count). The van der Waals surface area contributed by atoms with Crippen LogP contribution in [0.4, 0.5) is 5.82 Å². The van der Waals surface area contributed by atoms with Crippen LogP contribution in [0, 0.1) is 0 Å². The van der Waals surface area contributed by atoms with Crippen molar-refractivity contribution in [2.75, 3.05) is 7.11 Å². The summed E-state index contributed by atoms with van der Waals surface area (Å²) in [5.74, 6) is 0.891. The molecule has 1 heterocycles. The molecule has 1 aromatic heterocycles. The average Bonchev–Trinajstić information content (AvgIpc) is 2.06. The van der Waals surface area contributed by atoms with Crippen LogP contribution in [0.3, 0.4) is 0 Å². The summed E-state index contributed by atoms with van der Waals surface area (Å²) in [6.45, 7) is 0. The smallest absolute Gasteiger partial charge is 0.208 e. The van der Waals surface area contributed by atoms with Crippen molar-refractivity contribution >= 4 is 23.2 Å². The number of thiocarbonyl (C=S) groups is 1. The lowest BCUT2D eigenvalue weighted by molar-refractivity contribution is 0.412. The van der Waals surface area contributed by atoms with Gasteiger partial charge in [-0.25, -0.2) is 9.97 Å². The summed E-state index contributed by atoms with van der Waals surface area (Å²) in [5.41, 5.74) is 0. The van der Waals surface area contributed by atoms with Gasteiger partial charge in [0.15, 0.2) is 5.75 Å². The van der Waals surface area contributed by atoms with Crippen LogP contribution < -0.4 is 4.74 Å². The molecule has 1 aromatic rings. The van der Waals surface area contributed by atoms with Crippen LogP contribution >= 0.6 is 12.2 Å². The minimum absolute atomic E-state index is 0.400. The van der Waals surface area contributed by atoms with Crippen LogP contribution in [0.1, 0.15) is 0 Å². The van der Waals surface area contributed by atoms with Crippen molar-refractivity contribution in [3.63, 3.8) is 0 Å². The summed E-state index contributed by atoms with van der Waals surface area (Å²) in [6.07, 6.45) is 2.88. The average molecular weight is 167 g/mol. The van der Waals surface area contributed by atoms with Gasteiger partial charge in [-0.15, -0.1) is 0 Å². The molecule has 0 aliphatic carbocycles. The van der Waals surface area contributed by atoms with E-state index in [1.807, 2.05) is 0 Å². The summed E-state index contributed by atoms with van der Waals surface area (Å²) in [5, 5.41) is 2.20. The molecule has 0 atom stereocenters. The lowest BCUT2D eigenvalue weighted by Gasteiger charge is -1.98. The Morgan fingerprint density at radius 3 is 3.18 bits per heavy atom. The van der Waals surface area contributed by atoms with Crippen molar-refractivity contribution < 1.29 is 4.74 Å². The van der Waals surface area contributed by atoms with Crippen LogP contribution in [0.5, 0.6) is 5.75 Å². The van der Waals surface area contributed by atoms with E-state index >= 15 is 0 Å². The fourth-order valence-electron chi connectivity index (χ4n) is 0.582. The summed E-state index contributed by atoms with van der Waals surface area (Å²) in [7, 11) is 1.51. The van der Waals surface area contributed by atoms with Crippen molar-refractivity contribution in [3.05, 3.63) is 12.5 Å². The summed E-state index contributed by atoms with van der Waals surface area (Å²) < 4.78 is 4.89. The third kappa shape index (κ3) is 1.80. The van der Waals surface area contributed by atoms with Crippen molar-refractivity contribution in [1.29, 1.82) is 0 Å². The van der Waals surface area contributed by atoms with Crippen molar-refractivity contribution in [3.8, 4) is 5.75 Å². The minimum Gasteiger partial charge on any atom is -0.491 e. The van der Waals surface area contributed by atoms with Gasteiger partial charge in [-0.1, -0.05) is 0 Å². The Bertz CT molecular complexity index is 296. The van der Waals surface area contributed by atoms with Crippen molar-refractivity contribution in [2.24, 2.45) is 4.99 Å². The minimum atomic E-state index is 0.400. The molecule has 0 saturated heterocycles. The Kier molecular flexibility index (Phi) is 2.66. The number of isothiocyanates is 1. The fraction of sp³-hybridized carbons (Fsp3) is 0.167. The molecule has 0 N–H and O–H groups in total. The number of ether oxygens (including phenoxy) is 1. The molecular weight excluding hydrogens is 162 g/mol. The van der Waals surface area contributed by atoms with Gasteiger partial charge in [0, 0.05) is 0 Å². The van der Waals surface area contributed by atoms with Crippen molar-refractivity contribution in [1.82, 2.24) is 9.97 Å². The van der Waals surface area contributed by atoms with Gasteiger partial charge < -0.3 is 4.74 Å². The van der Waals surface area contributed by atoms with Crippen LogP contribution in [0.25, 0.3) is 0 Å². The number of methoxy groups -OCH3 is 1. The van der Waals surface area contributed by atoms with E-state index in [-0.39, 0.29) is 0 Å². The highest BCUT2D eigenvalue weighted by Gasteiger charge is 1.99. The molecule has 0 saturated carbocycles. The second-order valence-electron chi connectivity index (χ2n) is 1.62. The molecule has 0 aliphatic heterocycles. The SMILES string of the molecule is COc1cncnc1N=C=S. The van der Waals surface area contributed by atoms with Gasteiger partial charge in [-0.2, -0.15) is 4.99 Å². The van der Waals surface area contributed by atoms with E-state index in [9.17, 15) is 0 Å². The highest BCUT2D eigenvalue weighted by molar-refractivity contribution is 7.78. The van der Waals surface area contributed by atoms with Gasteiger partial charge >= 0.3 is 0 Å². The normalized spacial score (nSPS) is 8.45. The quantitative estimate of drug-likeness (QED) is 0.490. The summed E-state index contributed by atoms with van der Waals surface area (Å²) in [6, 6.07) is 0. The largest absolute Gasteiger partial charge is 0.491 e. The zero-order valence-electron chi connectivity index (χ0n) is 5.81. The van der Waals surface area contributed by atoms with E-state index in [0.29, 0.717) is 11.6 Å². The molecule has 0 unspecified atom stereocenters. The summed E-state index contributed by atoms with van der Waals surface area (Å²) >= 11 is 4.41. The Labute approximate surface area is 69.0 Å². The zero-order valence-corrected chi connectivity index (χ0v) is 6.63. The van der Waals surface area contributed by atoms with E-state index in [2.05, 4.69) is 32.3 Å². The standard InChI is InChI=1S/C6H5N3OS/c1-10-5-2-7-3-8-6(5)9-4-11/h2-3H,1H3. The maximum absolute atomic E-state index is 4.89. The Balaban J connectivity index is 3.11. The Morgan fingerprint density at radius 1 is 1.73 bits per heavy atom. The van der Waals surface area contributed by atoms with Crippen molar-refractivity contribution in [2.45, 2.75) is 0 Å². The van der Waals surface area contributed by atoms with Crippen LogP contribution in [-0.2, 0) is 0 Å². The molecule has 0 aliphatic rings. The lowest BCUT2D eigenvalue weighted by atomic mass is 10.5. The van der Waals surface area contributed by atoms with Gasteiger partial charge in [0.25, 0.3) is 0 Å². The monoisotopic (exact) mass is 167 g/mol. The van der Waals surface area contributed by atoms with Crippen LogP contribution in [0.2, 0.25) is 0 Å². The van der Waals surface area contributed by atoms with Gasteiger partial charge in [-0.05, 0) is 12.2 Å². The van der Waals surface area contributed by atoms with E-state index < -0.39 is 0 Å². The third-order valence-corrected chi connectivity index (χ3v) is 1.12. The number of nitrogens with zero attached hydrogens (tertiary/aromatic N) is 3. The second-order valence-corrected chi connectivity index (χ2v) is 1.80. The van der Waals surface area contributed by atoms with E-state index in [1.165, 1.54) is 19.6 Å². The summed E-state index contributed by atoms with van der Waals surface area (Å²) in [4.78, 5) is 11.2. The van der Waals surface area contributed by atoms with E-state index in [0.717, 1.165) is 0 Å². The number of aliphatic imine (C=N–C) groups is 1.